The SMILES string of the molecule is CO[C@@H](C(=O)C=[N+]=[N-])c1ccccc1. The highest BCUT2D eigenvalue weighted by Crippen LogP contribution is 2.15. The lowest BCUT2D eigenvalue weighted by Crippen LogP contribution is -2.15. The fourth-order valence-electron chi connectivity index (χ4n) is 1.17. The summed E-state index contributed by atoms with van der Waals surface area (Å²) >= 11 is 0. The van der Waals surface area contributed by atoms with E-state index in [9.17, 15) is 4.79 Å². The maximum absolute atomic E-state index is 11.3. The number of ketones is 1. The molecule has 0 aliphatic rings. The second-order valence-corrected chi connectivity index (χ2v) is 2.67. The number of nitrogens with zero attached hydrogens (tertiary/aromatic N) is 2. The molecule has 0 aliphatic carbocycles. The molecule has 1 aromatic rings. The van der Waals surface area contributed by atoms with Gasteiger partial charge in [0, 0.05) is 7.11 Å². The average Bonchev–Trinajstić information content (AvgIpc) is 2.21. The summed E-state index contributed by atoms with van der Waals surface area (Å²) in [6, 6.07) is 9.02. The van der Waals surface area contributed by atoms with Gasteiger partial charge < -0.3 is 10.3 Å². The normalized spacial score (nSPS) is 11.5. The minimum atomic E-state index is -0.702. The van der Waals surface area contributed by atoms with Crippen molar-refractivity contribution < 1.29 is 14.3 Å². The fourth-order valence-corrected chi connectivity index (χ4v) is 1.17. The number of carbonyl (C=O) groups excluding carboxylic acids is 1. The molecule has 0 spiro atoms. The van der Waals surface area contributed by atoms with Gasteiger partial charge in [0.25, 0.3) is 5.78 Å². The summed E-state index contributed by atoms with van der Waals surface area (Å²) in [7, 11) is 1.43. The summed E-state index contributed by atoms with van der Waals surface area (Å²) < 4.78 is 5.00. The van der Waals surface area contributed by atoms with Crippen molar-refractivity contribution in [2.24, 2.45) is 0 Å². The van der Waals surface area contributed by atoms with Gasteiger partial charge in [0.1, 0.15) is 0 Å². The summed E-state index contributed by atoms with van der Waals surface area (Å²) in [6.45, 7) is 0. The minimum Gasteiger partial charge on any atom is -0.368 e. The number of hydrogen-bond donors (Lipinski definition) is 0. The molecule has 0 radical (unpaired) electrons. The lowest BCUT2D eigenvalue weighted by Gasteiger charge is -2.09. The molecule has 1 atom stereocenters. The molecular formula is C10H10N2O2. The van der Waals surface area contributed by atoms with Crippen molar-refractivity contribution in [1.82, 2.24) is 0 Å². The van der Waals surface area contributed by atoms with Crippen molar-refractivity contribution in [1.29, 1.82) is 0 Å². The van der Waals surface area contributed by atoms with E-state index in [-0.39, 0.29) is 5.78 Å². The van der Waals surface area contributed by atoms with Crippen LogP contribution in [0.4, 0.5) is 0 Å². The number of carbonyl (C=O) groups is 1. The smallest absolute Gasteiger partial charge is 0.326 e. The van der Waals surface area contributed by atoms with Gasteiger partial charge in [-0.25, -0.2) is 0 Å². The highest BCUT2D eigenvalue weighted by Gasteiger charge is 2.20. The van der Waals surface area contributed by atoms with Crippen LogP contribution in [0.1, 0.15) is 11.7 Å². The van der Waals surface area contributed by atoms with E-state index in [1.54, 1.807) is 12.1 Å². The third-order valence-electron chi connectivity index (χ3n) is 1.78. The Balaban J connectivity index is 2.93. The predicted molar refractivity (Wildman–Crippen MR) is 50.9 cm³/mol. The van der Waals surface area contributed by atoms with Gasteiger partial charge in [-0.3, -0.25) is 4.79 Å². The average molecular weight is 190 g/mol. The van der Waals surface area contributed by atoms with Crippen molar-refractivity contribution in [3.8, 4) is 0 Å². The Morgan fingerprint density at radius 1 is 1.50 bits per heavy atom. The first-order valence-electron chi connectivity index (χ1n) is 4.08. The summed E-state index contributed by atoms with van der Waals surface area (Å²) in [5.74, 6) is -0.388. The van der Waals surface area contributed by atoms with Gasteiger partial charge in [-0.2, -0.15) is 4.79 Å². The first-order valence-corrected chi connectivity index (χ1v) is 4.08. The Kier molecular flexibility index (Phi) is 3.73. The fraction of sp³-hybridized carbons (Fsp3) is 0.200. The monoisotopic (exact) mass is 190 g/mol. The topological polar surface area (TPSA) is 62.7 Å². The number of Topliss-reactive ketones (excluding diaryl/α,β-unsaturated/α-hetero) is 1. The Hall–Kier alpha value is -1.77. The summed E-state index contributed by atoms with van der Waals surface area (Å²) in [5.41, 5.74) is 8.96. The molecule has 0 bridgehead atoms. The third kappa shape index (κ3) is 2.36. The van der Waals surface area contributed by atoms with Crippen LogP contribution in [-0.4, -0.2) is 23.9 Å². The van der Waals surface area contributed by atoms with Crippen molar-refractivity contribution >= 4 is 12.0 Å². The molecule has 0 fully saturated rings. The number of rotatable bonds is 4. The Bertz CT molecular complexity index is 356. The number of ether oxygens (including phenoxy) is 1. The van der Waals surface area contributed by atoms with Gasteiger partial charge in [-0.15, -0.1) is 0 Å². The quantitative estimate of drug-likeness (QED) is 0.407. The molecule has 0 unspecified atom stereocenters. The Labute approximate surface area is 81.7 Å². The molecular weight excluding hydrogens is 180 g/mol. The molecule has 0 saturated heterocycles. The molecule has 0 heterocycles. The summed E-state index contributed by atoms with van der Waals surface area (Å²) in [6.07, 6.45) is 0.133. The molecule has 4 nitrogen and oxygen atoms in total. The molecule has 14 heavy (non-hydrogen) atoms. The van der Waals surface area contributed by atoms with Crippen molar-refractivity contribution in [3.05, 3.63) is 41.4 Å². The van der Waals surface area contributed by atoms with E-state index in [4.69, 9.17) is 10.3 Å². The first-order chi connectivity index (χ1) is 6.79. The van der Waals surface area contributed by atoms with Gasteiger partial charge in [0.05, 0.1) is 0 Å². The van der Waals surface area contributed by atoms with Gasteiger partial charge in [0.15, 0.2) is 6.10 Å². The second-order valence-electron chi connectivity index (χ2n) is 2.67. The van der Waals surface area contributed by atoms with E-state index < -0.39 is 6.10 Å². The first kappa shape index (κ1) is 10.3. The van der Waals surface area contributed by atoms with Crippen LogP contribution in [0.15, 0.2) is 30.3 Å². The molecule has 0 aromatic heterocycles. The van der Waals surface area contributed by atoms with E-state index in [1.165, 1.54) is 7.11 Å². The van der Waals surface area contributed by atoms with Crippen LogP contribution in [0.2, 0.25) is 0 Å². The van der Waals surface area contributed by atoms with E-state index >= 15 is 0 Å². The summed E-state index contributed by atoms with van der Waals surface area (Å²) in [5, 5.41) is 0. The number of hydrogen-bond acceptors (Lipinski definition) is 2. The van der Waals surface area contributed by atoms with Crippen molar-refractivity contribution in [2.45, 2.75) is 6.10 Å². The maximum atomic E-state index is 11.3. The van der Waals surface area contributed by atoms with E-state index in [2.05, 4.69) is 4.79 Å². The lowest BCUT2D eigenvalue weighted by molar-refractivity contribution is -0.125. The van der Waals surface area contributed by atoms with Crippen LogP contribution >= 0.6 is 0 Å². The highest BCUT2D eigenvalue weighted by molar-refractivity contribution is 6.27. The summed E-state index contributed by atoms with van der Waals surface area (Å²) in [4.78, 5) is 14.0. The van der Waals surface area contributed by atoms with Crippen LogP contribution in [0.25, 0.3) is 5.53 Å². The molecule has 1 rings (SSSR count). The van der Waals surface area contributed by atoms with E-state index in [0.29, 0.717) is 0 Å². The lowest BCUT2D eigenvalue weighted by atomic mass is 10.1. The Morgan fingerprint density at radius 3 is 2.64 bits per heavy atom. The van der Waals surface area contributed by atoms with Gasteiger partial charge in [0.2, 0.25) is 0 Å². The van der Waals surface area contributed by atoms with Crippen molar-refractivity contribution in [3.63, 3.8) is 0 Å². The van der Waals surface area contributed by atoms with Crippen LogP contribution in [0.3, 0.4) is 0 Å². The highest BCUT2D eigenvalue weighted by atomic mass is 16.5. The van der Waals surface area contributed by atoms with Crippen LogP contribution in [0.5, 0.6) is 0 Å². The molecule has 72 valence electrons. The van der Waals surface area contributed by atoms with Crippen LogP contribution < -0.4 is 0 Å². The largest absolute Gasteiger partial charge is 0.368 e. The van der Waals surface area contributed by atoms with Gasteiger partial charge in [-0.05, 0) is 5.56 Å². The zero-order valence-corrected chi connectivity index (χ0v) is 7.75. The maximum Gasteiger partial charge on any atom is 0.326 e. The molecule has 0 N–H and O–H groups in total. The predicted octanol–water partition coefficient (Wildman–Crippen LogP) is 1.24. The third-order valence-corrected chi connectivity index (χ3v) is 1.78. The molecule has 1 aromatic carbocycles. The zero-order valence-electron chi connectivity index (χ0n) is 7.75. The minimum absolute atomic E-state index is 0.388. The van der Waals surface area contributed by atoms with E-state index in [0.717, 1.165) is 11.8 Å². The number of methoxy groups -OCH3 is 1. The molecule has 0 amide bonds. The Morgan fingerprint density at radius 2 is 2.14 bits per heavy atom. The molecule has 4 heteroatoms. The number of benzene rings is 1. The van der Waals surface area contributed by atoms with Gasteiger partial charge >= 0.3 is 6.21 Å². The second kappa shape index (κ2) is 5.07. The van der Waals surface area contributed by atoms with Crippen molar-refractivity contribution in [2.75, 3.05) is 7.11 Å². The molecule has 0 saturated carbocycles. The van der Waals surface area contributed by atoms with E-state index in [1.807, 2.05) is 18.2 Å². The van der Waals surface area contributed by atoms with Gasteiger partial charge in [-0.1, -0.05) is 30.3 Å². The van der Waals surface area contributed by atoms with Crippen LogP contribution in [0, 0.1) is 0 Å². The molecule has 0 aliphatic heterocycles. The zero-order chi connectivity index (χ0) is 10.4. The standard InChI is InChI=1S/C10H10N2O2/c1-14-10(9(13)7-12-11)8-5-3-2-4-6-8/h2-7,10H,1H3/t10-/m1/s1. The van der Waals surface area contributed by atoms with Crippen LogP contribution in [-0.2, 0) is 9.53 Å².